The molecule has 1 rings (SSSR count). The molecule has 0 aromatic carbocycles. The molecule has 1 aliphatic heterocycles. The molecule has 0 saturated carbocycles. The van der Waals surface area contributed by atoms with Crippen molar-refractivity contribution < 1.29 is 28.9 Å². The van der Waals surface area contributed by atoms with Crippen molar-refractivity contribution in [2.24, 2.45) is 0 Å². The summed E-state index contributed by atoms with van der Waals surface area (Å²) in [5.74, 6) is -1.88. The van der Waals surface area contributed by atoms with Gasteiger partial charge in [0.2, 0.25) is 0 Å². The first-order valence-corrected chi connectivity index (χ1v) is 5.49. The van der Waals surface area contributed by atoms with Gasteiger partial charge < -0.3 is 19.3 Å². The van der Waals surface area contributed by atoms with Crippen LogP contribution in [0.3, 0.4) is 0 Å². The highest BCUT2D eigenvalue weighted by atomic mass is 16.7. The Hall–Kier alpha value is -1.38. The Balaban J connectivity index is 2.42. The van der Waals surface area contributed by atoms with Crippen LogP contribution < -0.4 is 5.43 Å². The van der Waals surface area contributed by atoms with Gasteiger partial charge in [-0.3, -0.25) is 0 Å². The molecule has 104 valence electrons. The Morgan fingerprint density at radius 2 is 2.22 bits per heavy atom. The van der Waals surface area contributed by atoms with Crippen LogP contribution in [0.2, 0.25) is 0 Å². The van der Waals surface area contributed by atoms with Gasteiger partial charge >= 0.3 is 12.1 Å². The summed E-state index contributed by atoms with van der Waals surface area (Å²) < 4.78 is 15.4. The lowest BCUT2D eigenvalue weighted by Crippen LogP contribution is -2.46. The lowest BCUT2D eigenvalue weighted by Gasteiger charge is -2.23. The highest BCUT2D eigenvalue weighted by molar-refractivity contribution is 5.73. The fourth-order valence-corrected chi connectivity index (χ4v) is 1.52. The van der Waals surface area contributed by atoms with Gasteiger partial charge in [0.05, 0.1) is 13.2 Å². The minimum absolute atomic E-state index is 0.207. The third-order valence-electron chi connectivity index (χ3n) is 2.26. The maximum Gasteiger partial charge on any atom is 0.424 e. The van der Waals surface area contributed by atoms with E-state index in [0.29, 0.717) is 6.61 Å². The smallest absolute Gasteiger partial charge is 0.424 e. The van der Waals surface area contributed by atoms with Gasteiger partial charge in [-0.15, -0.1) is 0 Å². The van der Waals surface area contributed by atoms with Crippen LogP contribution in [0.5, 0.6) is 0 Å². The molecule has 0 bridgehead atoms. The largest absolute Gasteiger partial charge is 0.479 e. The van der Waals surface area contributed by atoms with Crippen LogP contribution >= 0.6 is 0 Å². The van der Waals surface area contributed by atoms with E-state index in [4.69, 9.17) is 14.6 Å². The number of rotatable bonds is 5. The van der Waals surface area contributed by atoms with E-state index in [-0.39, 0.29) is 12.6 Å². The number of nitrogens with one attached hydrogen (secondary N) is 1. The van der Waals surface area contributed by atoms with E-state index >= 15 is 0 Å². The molecule has 0 spiro atoms. The molecule has 1 fully saturated rings. The normalized spacial score (nSPS) is 21.6. The summed E-state index contributed by atoms with van der Waals surface area (Å²) in [6.07, 6.45) is -1.06. The van der Waals surface area contributed by atoms with E-state index in [2.05, 4.69) is 10.2 Å². The highest BCUT2D eigenvalue weighted by Crippen LogP contribution is 2.22. The molecule has 8 heteroatoms. The standard InChI is InChI=1S/C10H18N2O6/c1-10(2)17-5-7(18-10)4-12(11-3)9(15)16-6-8(13)14/h7,11H,4-6H2,1-3H3,(H,13,14). The van der Waals surface area contributed by atoms with Crippen LogP contribution in [0.4, 0.5) is 4.79 Å². The fourth-order valence-electron chi connectivity index (χ4n) is 1.52. The minimum Gasteiger partial charge on any atom is -0.479 e. The van der Waals surface area contributed by atoms with Gasteiger partial charge in [-0.2, -0.15) is 0 Å². The maximum atomic E-state index is 11.5. The predicted molar refractivity (Wildman–Crippen MR) is 59.7 cm³/mol. The first-order chi connectivity index (χ1) is 8.34. The molecular weight excluding hydrogens is 244 g/mol. The van der Waals surface area contributed by atoms with E-state index in [1.165, 1.54) is 7.05 Å². The van der Waals surface area contributed by atoms with E-state index in [9.17, 15) is 9.59 Å². The number of hydrazine groups is 1. The van der Waals surface area contributed by atoms with Gasteiger partial charge in [0, 0.05) is 7.05 Å². The second-order valence-electron chi connectivity index (χ2n) is 4.23. The molecule has 1 atom stereocenters. The quantitative estimate of drug-likeness (QED) is 0.662. The summed E-state index contributed by atoms with van der Waals surface area (Å²) in [6.45, 7) is 3.44. The molecule has 18 heavy (non-hydrogen) atoms. The first-order valence-electron chi connectivity index (χ1n) is 5.49. The average Bonchev–Trinajstić information content (AvgIpc) is 2.62. The number of amides is 1. The number of carbonyl (C=O) groups is 2. The van der Waals surface area contributed by atoms with Crippen molar-refractivity contribution >= 4 is 12.1 Å². The number of carbonyl (C=O) groups excluding carboxylic acids is 1. The van der Waals surface area contributed by atoms with Crippen molar-refractivity contribution in [1.82, 2.24) is 10.4 Å². The van der Waals surface area contributed by atoms with Gasteiger partial charge in [0.15, 0.2) is 12.4 Å². The van der Waals surface area contributed by atoms with Gasteiger partial charge in [-0.05, 0) is 13.8 Å². The van der Waals surface area contributed by atoms with Crippen LogP contribution in [0.15, 0.2) is 0 Å². The van der Waals surface area contributed by atoms with E-state index < -0.39 is 24.5 Å². The average molecular weight is 262 g/mol. The number of aliphatic carboxylic acids is 1. The third kappa shape index (κ3) is 4.47. The second-order valence-corrected chi connectivity index (χ2v) is 4.23. The predicted octanol–water partition coefficient (Wildman–Crippen LogP) is -0.204. The zero-order valence-electron chi connectivity index (χ0n) is 10.6. The molecule has 1 aliphatic rings. The van der Waals surface area contributed by atoms with Gasteiger partial charge in [0.25, 0.3) is 0 Å². The summed E-state index contributed by atoms with van der Waals surface area (Å²) in [6, 6.07) is 0. The molecule has 2 N–H and O–H groups in total. The molecule has 1 saturated heterocycles. The summed E-state index contributed by atoms with van der Waals surface area (Å²) in [5, 5.41) is 9.55. The van der Waals surface area contributed by atoms with Gasteiger partial charge in [-0.25, -0.2) is 20.0 Å². The summed E-state index contributed by atoms with van der Waals surface area (Å²) in [4.78, 5) is 21.8. The lowest BCUT2D eigenvalue weighted by atomic mass is 10.3. The van der Waals surface area contributed by atoms with Crippen LogP contribution in [0.1, 0.15) is 13.8 Å². The zero-order valence-corrected chi connectivity index (χ0v) is 10.6. The molecule has 0 aliphatic carbocycles. The van der Waals surface area contributed by atoms with Gasteiger partial charge in [0.1, 0.15) is 6.10 Å². The Morgan fingerprint density at radius 1 is 1.56 bits per heavy atom. The Labute approximate surface area is 105 Å². The number of hydrogen-bond acceptors (Lipinski definition) is 6. The molecule has 1 amide bonds. The van der Waals surface area contributed by atoms with E-state index in [1.54, 1.807) is 13.8 Å². The lowest BCUT2D eigenvalue weighted by molar-refractivity contribution is -0.142. The van der Waals surface area contributed by atoms with Crippen LogP contribution in [-0.2, 0) is 19.0 Å². The molecule has 0 aromatic heterocycles. The Morgan fingerprint density at radius 3 is 2.67 bits per heavy atom. The molecule has 0 aromatic rings. The minimum atomic E-state index is -1.21. The highest BCUT2D eigenvalue weighted by Gasteiger charge is 2.34. The van der Waals surface area contributed by atoms with Crippen LogP contribution in [-0.4, -0.2) is 60.9 Å². The Bertz CT molecular complexity index is 319. The first kappa shape index (κ1) is 14.7. The topological polar surface area (TPSA) is 97.3 Å². The van der Waals surface area contributed by atoms with Crippen molar-refractivity contribution in [3.8, 4) is 0 Å². The fraction of sp³-hybridized carbons (Fsp3) is 0.800. The third-order valence-corrected chi connectivity index (χ3v) is 2.26. The molecule has 1 heterocycles. The maximum absolute atomic E-state index is 11.5. The summed E-state index contributed by atoms with van der Waals surface area (Å²) in [5.41, 5.74) is 2.61. The summed E-state index contributed by atoms with van der Waals surface area (Å²) >= 11 is 0. The SMILES string of the molecule is CNN(CC1COC(C)(C)O1)C(=O)OCC(=O)O. The number of ether oxygens (including phenoxy) is 3. The number of hydrogen-bond donors (Lipinski definition) is 2. The van der Waals surface area contributed by atoms with E-state index in [0.717, 1.165) is 5.01 Å². The van der Waals surface area contributed by atoms with Crippen molar-refractivity contribution in [2.75, 3.05) is 26.8 Å². The van der Waals surface area contributed by atoms with E-state index in [1.807, 2.05) is 0 Å². The molecule has 8 nitrogen and oxygen atoms in total. The number of carboxylic acid groups (broad SMARTS) is 1. The van der Waals surface area contributed by atoms with Crippen molar-refractivity contribution in [3.63, 3.8) is 0 Å². The molecule has 1 unspecified atom stereocenters. The van der Waals surface area contributed by atoms with Crippen LogP contribution in [0.25, 0.3) is 0 Å². The van der Waals surface area contributed by atoms with Crippen molar-refractivity contribution in [2.45, 2.75) is 25.7 Å². The second kappa shape index (κ2) is 5.98. The monoisotopic (exact) mass is 262 g/mol. The van der Waals surface area contributed by atoms with Crippen LogP contribution in [0, 0.1) is 0 Å². The molecular formula is C10H18N2O6. The Kier molecular flexibility index (Phi) is 4.88. The molecule has 0 radical (unpaired) electrons. The number of carboxylic acids is 1. The zero-order chi connectivity index (χ0) is 13.8. The van der Waals surface area contributed by atoms with Crippen molar-refractivity contribution in [3.05, 3.63) is 0 Å². The summed E-state index contributed by atoms with van der Waals surface area (Å²) in [7, 11) is 1.53. The number of nitrogens with zero attached hydrogens (tertiary/aromatic N) is 1. The van der Waals surface area contributed by atoms with Gasteiger partial charge in [-0.1, -0.05) is 0 Å². The van der Waals surface area contributed by atoms with Crippen molar-refractivity contribution in [1.29, 1.82) is 0 Å².